The van der Waals surface area contributed by atoms with Crippen molar-refractivity contribution >= 4 is 7.85 Å². The average molecular weight is 148 g/mol. The van der Waals surface area contributed by atoms with Gasteiger partial charge in [0.15, 0.2) is 7.85 Å². The molecule has 0 atom stereocenters. The lowest BCUT2D eigenvalue weighted by Gasteiger charge is -1.96. The Morgan fingerprint density at radius 2 is 1.64 bits per heavy atom. The highest BCUT2D eigenvalue weighted by atomic mass is 13.9. The molecule has 2 radical (unpaired) electrons. The van der Waals surface area contributed by atoms with E-state index in [2.05, 4.69) is 18.7 Å². The summed E-state index contributed by atoms with van der Waals surface area (Å²) >= 11 is 0. The van der Waals surface area contributed by atoms with Crippen molar-refractivity contribution in [3.8, 4) is 11.7 Å². The summed E-state index contributed by atoms with van der Waals surface area (Å²) < 4.78 is 0. The molecular weight excluding hydrogens is 131 g/mol. The Balaban J connectivity index is 2.83. The van der Waals surface area contributed by atoms with Gasteiger partial charge in [-0.05, 0) is 6.42 Å². The molecule has 60 valence electrons. The van der Waals surface area contributed by atoms with Gasteiger partial charge in [-0.3, -0.25) is 0 Å². The quantitative estimate of drug-likeness (QED) is 0.308. The maximum Gasteiger partial charge on any atom is 0.187 e. The minimum atomic E-state index is 0.975. The predicted molar refractivity (Wildman–Crippen MR) is 51.5 cm³/mol. The van der Waals surface area contributed by atoms with Crippen LogP contribution in [0.15, 0.2) is 0 Å². The fourth-order valence-corrected chi connectivity index (χ4v) is 1.07. The topological polar surface area (TPSA) is 0 Å². The SMILES string of the molecule is [B]C#CCCCCCCCC. The average Bonchev–Trinajstić information content (AvgIpc) is 2.03. The maximum atomic E-state index is 5.03. The van der Waals surface area contributed by atoms with E-state index < -0.39 is 0 Å². The van der Waals surface area contributed by atoms with E-state index in [0.717, 1.165) is 6.42 Å². The van der Waals surface area contributed by atoms with E-state index in [-0.39, 0.29) is 0 Å². The first kappa shape index (κ1) is 10.6. The van der Waals surface area contributed by atoms with Gasteiger partial charge in [0.1, 0.15) is 0 Å². The summed E-state index contributed by atoms with van der Waals surface area (Å²) in [6.45, 7) is 2.24. The lowest BCUT2D eigenvalue weighted by molar-refractivity contribution is 0.614. The standard InChI is InChI=1S/C10H17B/c1-2-3-4-5-6-7-8-9-10-11/h2-8H2,1H3. The van der Waals surface area contributed by atoms with Crippen LogP contribution < -0.4 is 0 Å². The van der Waals surface area contributed by atoms with Crippen LogP contribution in [0.4, 0.5) is 0 Å². The molecule has 0 aliphatic heterocycles. The molecule has 0 saturated carbocycles. The van der Waals surface area contributed by atoms with Crippen LogP contribution in [0.5, 0.6) is 0 Å². The second kappa shape index (κ2) is 9.62. The van der Waals surface area contributed by atoms with Gasteiger partial charge in [-0.2, -0.15) is 5.82 Å². The Labute approximate surface area is 72.2 Å². The third-order valence-electron chi connectivity index (χ3n) is 1.76. The third kappa shape index (κ3) is 9.62. The van der Waals surface area contributed by atoms with Gasteiger partial charge in [0, 0.05) is 6.42 Å². The van der Waals surface area contributed by atoms with E-state index in [0.29, 0.717) is 0 Å². The van der Waals surface area contributed by atoms with Crippen molar-refractivity contribution < 1.29 is 0 Å². The molecule has 0 heterocycles. The lowest BCUT2D eigenvalue weighted by Crippen LogP contribution is -1.77. The zero-order chi connectivity index (χ0) is 8.36. The van der Waals surface area contributed by atoms with Crippen LogP contribution in [-0.2, 0) is 0 Å². The van der Waals surface area contributed by atoms with E-state index in [1.54, 1.807) is 0 Å². The maximum absolute atomic E-state index is 5.03. The third-order valence-corrected chi connectivity index (χ3v) is 1.76. The second-order valence-corrected chi connectivity index (χ2v) is 2.84. The van der Waals surface area contributed by atoms with Gasteiger partial charge in [0.25, 0.3) is 0 Å². The van der Waals surface area contributed by atoms with Gasteiger partial charge >= 0.3 is 0 Å². The first-order chi connectivity index (χ1) is 5.41. The van der Waals surface area contributed by atoms with Gasteiger partial charge in [-0.25, -0.2) is 0 Å². The molecule has 11 heavy (non-hydrogen) atoms. The monoisotopic (exact) mass is 148 g/mol. The van der Waals surface area contributed by atoms with E-state index in [9.17, 15) is 0 Å². The normalized spacial score (nSPS) is 8.82. The molecule has 0 rings (SSSR count). The summed E-state index contributed by atoms with van der Waals surface area (Å²) in [5.41, 5.74) is 0. The van der Waals surface area contributed by atoms with E-state index in [1.807, 2.05) is 0 Å². The Morgan fingerprint density at radius 3 is 2.27 bits per heavy atom. The molecule has 0 saturated heterocycles. The molecule has 0 aromatic carbocycles. The van der Waals surface area contributed by atoms with Crippen LogP contribution in [0.2, 0.25) is 0 Å². The number of hydrogen-bond donors (Lipinski definition) is 0. The minimum Gasteiger partial charge on any atom is -0.172 e. The molecule has 0 spiro atoms. The van der Waals surface area contributed by atoms with Crippen LogP contribution in [0.1, 0.15) is 51.9 Å². The highest BCUT2D eigenvalue weighted by Gasteiger charge is 1.86. The second-order valence-electron chi connectivity index (χ2n) is 2.84. The highest BCUT2D eigenvalue weighted by Crippen LogP contribution is 2.05. The summed E-state index contributed by atoms with van der Waals surface area (Å²) in [6.07, 6.45) is 8.95. The van der Waals surface area contributed by atoms with Crippen molar-refractivity contribution in [3.63, 3.8) is 0 Å². The van der Waals surface area contributed by atoms with Gasteiger partial charge in [0.2, 0.25) is 0 Å². The summed E-state index contributed by atoms with van der Waals surface area (Å²) in [6, 6.07) is 0. The molecule has 0 aromatic rings. The van der Waals surface area contributed by atoms with Crippen molar-refractivity contribution in [2.24, 2.45) is 0 Å². The lowest BCUT2D eigenvalue weighted by atomic mass is 10.1. The van der Waals surface area contributed by atoms with Gasteiger partial charge in [-0.1, -0.05) is 39.0 Å². The van der Waals surface area contributed by atoms with Gasteiger partial charge in [-0.15, -0.1) is 5.92 Å². The van der Waals surface area contributed by atoms with E-state index in [4.69, 9.17) is 7.85 Å². The Hall–Kier alpha value is -0.375. The van der Waals surface area contributed by atoms with Crippen LogP contribution in [0.25, 0.3) is 0 Å². The van der Waals surface area contributed by atoms with Crippen LogP contribution in [-0.4, -0.2) is 7.85 Å². The smallest absolute Gasteiger partial charge is 0.172 e. The molecule has 0 unspecified atom stereocenters. The largest absolute Gasteiger partial charge is 0.187 e. The number of hydrogen-bond acceptors (Lipinski definition) is 0. The Bertz CT molecular complexity index is 119. The summed E-state index contributed by atoms with van der Waals surface area (Å²) in [4.78, 5) is 0. The summed E-state index contributed by atoms with van der Waals surface area (Å²) in [5, 5.41) is 0. The van der Waals surface area contributed by atoms with Crippen molar-refractivity contribution in [1.29, 1.82) is 0 Å². The molecule has 0 nitrogen and oxygen atoms in total. The van der Waals surface area contributed by atoms with Crippen LogP contribution in [0, 0.1) is 11.7 Å². The molecule has 0 amide bonds. The summed E-state index contributed by atoms with van der Waals surface area (Å²) in [5.74, 6) is 5.29. The van der Waals surface area contributed by atoms with Crippen LogP contribution in [0.3, 0.4) is 0 Å². The van der Waals surface area contributed by atoms with Crippen molar-refractivity contribution in [1.82, 2.24) is 0 Å². The minimum absolute atomic E-state index is 0.975. The first-order valence-corrected chi connectivity index (χ1v) is 4.60. The zero-order valence-corrected chi connectivity index (χ0v) is 7.53. The van der Waals surface area contributed by atoms with E-state index >= 15 is 0 Å². The van der Waals surface area contributed by atoms with E-state index in [1.165, 1.54) is 38.5 Å². The first-order valence-electron chi connectivity index (χ1n) is 4.60. The van der Waals surface area contributed by atoms with Gasteiger partial charge in [0.05, 0.1) is 0 Å². The predicted octanol–water partition coefficient (Wildman–Crippen LogP) is 2.87. The van der Waals surface area contributed by atoms with Crippen molar-refractivity contribution in [2.75, 3.05) is 0 Å². The zero-order valence-electron chi connectivity index (χ0n) is 7.53. The Kier molecular flexibility index (Phi) is 9.30. The molecule has 0 aliphatic rings. The fraction of sp³-hybridized carbons (Fsp3) is 0.800. The molecule has 0 aromatic heterocycles. The Morgan fingerprint density at radius 1 is 1.00 bits per heavy atom. The fourth-order valence-electron chi connectivity index (χ4n) is 1.07. The molecule has 0 N–H and O–H groups in total. The summed E-state index contributed by atoms with van der Waals surface area (Å²) in [7, 11) is 5.03. The molecular formula is C10H17B. The van der Waals surface area contributed by atoms with Crippen LogP contribution >= 0.6 is 0 Å². The van der Waals surface area contributed by atoms with Crippen molar-refractivity contribution in [3.05, 3.63) is 0 Å². The van der Waals surface area contributed by atoms with Gasteiger partial charge < -0.3 is 0 Å². The molecule has 0 aliphatic carbocycles. The van der Waals surface area contributed by atoms with Crippen molar-refractivity contribution in [2.45, 2.75) is 51.9 Å². The molecule has 1 heteroatoms. The number of rotatable bonds is 6. The number of unbranched alkanes of at least 4 members (excludes halogenated alkanes) is 6. The molecule has 0 bridgehead atoms. The molecule has 0 fully saturated rings. The highest BCUT2D eigenvalue weighted by molar-refractivity contribution is 6.22.